The molecule has 0 fully saturated rings. The lowest BCUT2D eigenvalue weighted by atomic mass is 10.3. The van der Waals surface area contributed by atoms with Crippen molar-refractivity contribution in [2.75, 3.05) is 13.1 Å². The lowest BCUT2D eigenvalue weighted by Gasteiger charge is -2.08. The van der Waals surface area contributed by atoms with E-state index in [1.807, 2.05) is 0 Å². The highest BCUT2D eigenvalue weighted by Gasteiger charge is 2.03. The van der Waals surface area contributed by atoms with Crippen molar-refractivity contribution in [1.29, 1.82) is 0 Å². The zero-order valence-electron chi connectivity index (χ0n) is 8.94. The van der Waals surface area contributed by atoms with Gasteiger partial charge in [-0.3, -0.25) is 0 Å². The summed E-state index contributed by atoms with van der Waals surface area (Å²) in [6.45, 7) is 7.25. The number of thiophene rings is 1. The number of hydrogen-bond acceptors (Lipinski definition) is 3. The van der Waals surface area contributed by atoms with E-state index < -0.39 is 0 Å². The van der Waals surface area contributed by atoms with Crippen LogP contribution >= 0.6 is 43.2 Å². The maximum Gasteiger partial charge on any atom is 0.0755 e. The molecular formula is C10H16Br2N2S. The minimum Gasteiger partial charge on any atom is -0.313 e. The van der Waals surface area contributed by atoms with Gasteiger partial charge in [0, 0.05) is 25.7 Å². The van der Waals surface area contributed by atoms with Crippen LogP contribution in [0.5, 0.6) is 0 Å². The Morgan fingerprint density at radius 1 is 1.33 bits per heavy atom. The van der Waals surface area contributed by atoms with Crippen LogP contribution in [0.1, 0.15) is 19.4 Å². The Kier molecular flexibility index (Phi) is 6.38. The third-order valence-electron chi connectivity index (χ3n) is 1.90. The molecule has 5 heteroatoms. The van der Waals surface area contributed by atoms with Crippen molar-refractivity contribution < 1.29 is 0 Å². The highest BCUT2D eigenvalue weighted by atomic mass is 79.9. The van der Waals surface area contributed by atoms with E-state index in [4.69, 9.17) is 0 Å². The SMILES string of the molecule is CC(C)NCCNCc1cc(Br)sc1Br. The number of nitrogens with one attached hydrogen (secondary N) is 2. The molecule has 0 spiro atoms. The maximum atomic E-state index is 3.54. The largest absolute Gasteiger partial charge is 0.313 e. The van der Waals surface area contributed by atoms with E-state index in [9.17, 15) is 0 Å². The van der Waals surface area contributed by atoms with E-state index in [0.29, 0.717) is 6.04 Å². The molecule has 86 valence electrons. The Morgan fingerprint density at radius 3 is 2.60 bits per heavy atom. The first-order valence-corrected chi connectivity index (χ1v) is 7.37. The van der Waals surface area contributed by atoms with E-state index in [0.717, 1.165) is 19.6 Å². The zero-order chi connectivity index (χ0) is 11.3. The van der Waals surface area contributed by atoms with Gasteiger partial charge in [0.1, 0.15) is 0 Å². The molecule has 0 saturated carbocycles. The second-order valence-corrected chi connectivity index (χ2v) is 7.38. The molecule has 0 radical (unpaired) electrons. The molecule has 2 nitrogen and oxygen atoms in total. The van der Waals surface area contributed by atoms with E-state index in [1.165, 1.54) is 13.1 Å². The second-order valence-electron chi connectivity index (χ2n) is 3.64. The summed E-state index contributed by atoms with van der Waals surface area (Å²) >= 11 is 8.73. The van der Waals surface area contributed by atoms with Gasteiger partial charge in [0.15, 0.2) is 0 Å². The van der Waals surface area contributed by atoms with E-state index in [-0.39, 0.29) is 0 Å². The van der Waals surface area contributed by atoms with Gasteiger partial charge in [0.05, 0.1) is 7.57 Å². The molecule has 0 saturated heterocycles. The van der Waals surface area contributed by atoms with Gasteiger partial charge >= 0.3 is 0 Å². The molecule has 1 aromatic rings. The van der Waals surface area contributed by atoms with Crippen molar-refractivity contribution in [2.45, 2.75) is 26.4 Å². The summed E-state index contributed by atoms with van der Waals surface area (Å²) in [7, 11) is 0. The van der Waals surface area contributed by atoms with Crippen LogP contribution in [0.4, 0.5) is 0 Å². The summed E-state index contributed by atoms with van der Waals surface area (Å²) in [5, 5.41) is 6.78. The minimum atomic E-state index is 0.564. The Labute approximate surface area is 112 Å². The second kappa shape index (κ2) is 7.01. The normalized spacial score (nSPS) is 11.3. The van der Waals surface area contributed by atoms with Crippen molar-refractivity contribution in [2.24, 2.45) is 0 Å². The number of hydrogen-bond donors (Lipinski definition) is 2. The molecule has 0 bridgehead atoms. The smallest absolute Gasteiger partial charge is 0.0755 e. The molecule has 0 aromatic carbocycles. The average Bonchev–Trinajstić information content (AvgIpc) is 2.44. The molecule has 0 atom stereocenters. The highest BCUT2D eigenvalue weighted by molar-refractivity contribution is 9.12. The average molecular weight is 356 g/mol. The van der Waals surface area contributed by atoms with Crippen LogP contribution in [0.15, 0.2) is 13.6 Å². The molecule has 1 heterocycles. The summed E-state index contributed by atoms with van der Waals surface area (Å²) in [6.07, 6.45) is 0. The fraction of sp³-hybridized carbons (Fsp3) is 0.600. The predicted molar refractivity (Wildman–Crippen MR) is 74.6 cm³/mol. The zero-order valence-corrected chi connectivity index (χ0v) is 12.9. The van der Waals surface area contributed by atoms with Crippen molar-refractivity contribution >= 4 is 43.2 Å². The fourth-order valence-electron chi connectivity index (χ4n) is 1.17. The van der Waals surface area contributed by atoms with Gasteiger partial charge in [-0.05, 0) is 43.5 Å². The Bertz CT molecular complexity index is 300. The molecule has 0 aliphatic heterocycles. The molecular weight excluding hydrogens is 340 g/mol. The van der Waals surface area contributed by atoms with Gasteiger partial charge in [0.2, 0.25) is 0 Å². The Balaban J connectivity index is 2.17. The minimum absolute atomic E-state index is 0.564. The van der Waals surface area contributed by atoms with Gasteiger partial charge in [-0.25, -0.2) is 0 Å². The van der Waals surface area contributed by atoms with E-state index >= 15 is 0 Å². The topological polar surface area (TPSA) is 24.1 Å². The molecule has 0 aliphatic rings. The summed E-state index contributed by atoms with van der Waals surface area (Å²) in [4.78, 5) is 0. The summed E-state index contributed by atoms with van der Waals surface area (Å²) < 4.78 is 2.38. The first-order valence-electron chi connectivity index (χ1n) is 4.97. The van der Waals surface area contributed by atoms with Crippen molar-refractivity contribution in [1.82, 2.24) is 10.6 Å². The summed E-state index contributed by atoms with van der Waals surface area (Å²) in [5.74, 6) is 0. The third kappa shape index (κ3) is 5.45. The summed E-state index contributed by atoms with van der Waals surface area (Å²) in [6, 6.07) is 2.71. The van der Waals surface area contributed by atoms with Gasteiger partial charge in [-0.2, -0.15) is 0 Å². The van der Waals surface area contributed by atoms with Gasteiger partial charge < -0.3 is 10.6 Å². The van der Waals surface area contributed by atoms with Gasteiger partial charge in [0.25, 0.3) is 0 Å². The van der Waals surface area contributed by atoms with Gasteiger partial charge in [-0.1, -0.05) is 13.8 Å². The van der Waals surface area contributed by atoms with Crippen LogP contribution < -0.4 is 10.6 Å². The van der Waals surface area contributed by atoms with Crippen LogP contribution in [-0.4, -0.2) is 19.1 Å². The molecule has 15 heavy (non-hydrogen) atoms. The van der Waals surface area contributed by atoms with E-state index in [1.54, 1.807) is 11.3 Å². The Morgan fingerprint density at radius 2 is 2.07 bits per heavy atom. The third-order valence-corrected chi connectivity index (χ3v) is 4.36. The van der Waals surface area contributed by atoms with Crippen LogP contribution in [-0.2, 0) is 6.54 Å². The summed E-state index contributed by atoms with van der Waals surface area (Å²) in [5.41, 5.74) is 1.32. The van der Waals surface area contributed by atoms with Crippen molar-refractivity contribution in [3.63, 3.8) is 0 Å². The first-order chi connectivity index (χ1) is 7.09. The van der Waals surface area contributed by atoms with Gasteiger partial charge in [-0.15, -0.1) is 11.3 Å². The Hall–Kier alpha value is 0.580. The maximum absolute atomic E-state index is 3.54. The molecule has 0 aliphatic carbocycles. The van der Waals surface area contributed by atoms with E-state index in [2.05, 4.69) is 62.4 Å². The number of rotatable bonds is 6. The highest BCUT2D eigenvalue weighted by Crippen LogP contribution is 2.31. The monoisotopic (exact) mass is 354 g/mol. The number of halogens is 2. The molecule has 0 amide bonds. The molecule has 1 aromatic heterocycles. The molecule has 0 unspecified atom stereocenters. The quantitative estimate of drug-likeness (QED) is 0.764. The van der Waals surface area contributed by atoms with Crippen LogP contribution in [0, 0.1) is 0 Å². The lowest BCUT2D eigenvalue weighted by molar-refractivity contribution is 0.555. The van der Waals surface area contributed by atoms with Crippen LogP contribution in [0.25, 0.3) is 0 Å². The van der Waals surface area contributed by atoms with Crippen molar-refractivity contribution in [3.05, 3.63) is 19.2 Å². The molecule has 1 rings (SSSR count). The fourth-order valence-corrected chi connectivity index (χ4v) is 3.99. The first kappa shape index (κ1) is 13.6. The molecule has 2 N–H and O–H groups in total. The van der Waals surface area contributed by atoms with Crippen LogP contribution in [0.3, 0.4) is 0 Å². The lowest BCUT2D eigenvalue weighted by Crippen LogP contribution is -2.31. The standard InChI is InChI=1S/C10H16Br2N2S/c1-7(2)14-4-3-13-6-8-5-9(11)15-10(8)12/h5,7,13-14H,3-4,6H2,1-2H3. The predicted octanol–water partition coefficient (Wildman–Crippen LogP) is 3.36. The van der Waals surface area contributed by atoms with Crippen molar-refractivity contribution in [3.8, 4) is 0 Å². The van der Waals surface area contributed by atoms with Crippen LogP contribution in [0.2, 0.25) is 0 Å².